The Balaban J connectivity index is 1.60. The normalized spacial score (nSPS) is 41.6. The van der Waals surface area contributed by atoms with Gasteiger partial charge in [-0.25, -0.2) is 0 Å². The zero-order chi connectivity index (χ0) is 13.8. The molecule has 4 heteroatoms. The Hall–Kier alpha value is -1.09. The van der Waals surface area contributed by atoms with E-state index in [1.54, 1.807) is 12.4 Å². The Morgan fingerprint density at radius 1 is 1.20 bits per heavy atom. The molecule has 4 saturated carbocycles. The molecule has 4 aliphatic rings. The number of carbonyl (C=O) groups excluding carboxylic acids is 1. The molecule has 3 nitrogen and oxygen atoms in total. The standard InChI is InChI=1S/C16H19ClN2O/c17-16-8-11-5-12(9-16)7-15(6-11,10-16)14(20)19-13-1-3-18-4-2-13/h1-4,11-12H,5-10H2,(H,18,19,20). The first-order chi connectivity index (χ1) is 9.57. The molecule has 4 aliphatic carbocycles. The largest absolute Gasteiger partial charge is 0.325 e. The zero-order valence-electron chi connectivity index (χ0n) is 11.4. The van der Waals surface area contributed by atoms with E-state index in [-0.39, 0.29) is 16.2 Å². The third-order valence-electron chi connectivity index (χ3n) is 5.41. The lowest BCUT2D eigenvalue weighted by atomic mass is 9.49. The number of amides is 1. The molecule has 2 atom stereocenters. The second-order valence-electron chi connectivity index (χ2n) is 7.08. The molecule has 1 N–H and O–H groups in total. The van der Waals surface area contributed by atoms with Gasteiger partial charge in [-0.15, -0.1) is 11.6 Å². The van der Waals surface area contributed by atoms with Crippen molar-refractivity contribution in [2.45, 2.75) is 43.4 Å². The lowest BCUT2D eigenvalue weighted by Gasteiger charge is -2.59. The van der Waals surface area contributed by atoms with E-state index in [9.17, 15) is 4.79 Å². The van der Waals surface area contributed by atoms with Crippen molar-refractivity contribution in [2.24, 2.45) is 17.3 Å². The zero-order valence-corrected chi connectivity index (χ0v) is 12.2. The van der Waals surface area contributed by atoms with Gasteiger partial charge in [0, 0.05) is 23.0 Å². The van der Waals surface area contributed by atoms with Gasteiger partial charge in [0.15, 0.2) is 0 Å². The van der Waals surface area contributed by atoms with E-state index in [1.165, 1.54) is 6.42 Å². The quantitative estimate of drug-likeness (QED) is 0.846. The molecular formula is C16H19ClN2O. The second kappa shape index (κ2) is 4.20. The van der Waals surface area contributed by atoms with Gasteiger partial charge in [0.1, 0.15) is 0 Å². The molecule has 0 spiro atoms. The van der Waals surface area contributed by atoms with Gasteiger partial charge in [-0.2, -0.15) is 0 Å². The first kappa shape index (κ1) is 12.6. The van der Waals surface area contributed by atoms with Gasteiger partial charge in [0.2, 0.25) is 5.91 Å². The number of hydrogen-bond donors (Lipinski definition) is 1. The number of anilines is 1. The minimum atomic E-state index is -0.227. The van der Waals surface area contributed by atoms with E-state index in [2.05, 4.69) is 10.3 Å². The number of aromatic nitrogens is 1. The van der Waals surface area contributed by atoms with Gasteiger partial charge in [-0.05, 0) is 62.5 Å². The number of nitrogens with zero attached hydrogens (tertiary/aromatic N) is 1. The van der Waals surface area contributed by atoms with Gasteiger partial charge in [0.25, 0.3) is 0 Å². The summed E-state index contributed by atoms with van der Waals surface area (Å²) in [4.78, 5) is 16.7. The van der Waals surface area contributed by atoms with Gasteiger partial charge >= 0.3 is 0 Å². The van der Waals surface area contributed by atoms with E-state index in [4.69, 9.17) is 11.6 Å². The van der Waals surface area contributed by atoms with Crippen molar-refractivity contribution in [3.63, 3.8) is 0 Å². The fourth-order valence-corrected chi connectivity index (χ4v) is 5.81. The van der Waals surface area contributed by atoms with Gasteiger partial charge in [-0.1, -0.05) is 0 Å². The summed E-state index contributed by atoms with van der Waals surface area (Å²) in [5.74, 6) is 1.47. The minimum Gasteiger partial charge on any atom is -0.325 e. The van der Waals surface area contributed by atoms with Crippen molar-refractivity contribution < 1.29 is 4.79 Å². The second-order valence-corrected chi connectivity index (χ2v) is 7.88. The Labute approximate surface area is 124 Å². The number of nitrogens with one attached hydrogen (secondary N) is 1. The third-order valence-corrected chi connectivity index (χ3v) is 5.85. The molecular weight excluding hydrogens is 272 g/mol. The molecule has 1 aromatic rings. The van der Waals surface area contributed by atoms with Crippen LogP contribution in [0, 0.1) is 17.3 Å². The summed E-state index contributed by atoms with van der Waals surface area (Å²) < 4.78 is 0. The molecule has 2 unspecified atom stereocenters. The van der Waals surface area contributed by atoms with Crippen LogP contribution in [0.15, 0.2) is 24.5 Å². The SMILES string of the molecule is O=C(Nc1ccncc1)C12CC3CC(CC(Cl)(C3)C1)C2. The molecule has 20 heavy (non-hydrogen) atoms. The van der Waals surface area contributed by atoms with Crippen molar-refractivity contribution in [1.82, 2.24) is 4.98 Å². The summed E-state index contributed by atoms with van der Waals surface area (Å²) in [6.45, 7) is 0. The molecule has 5 rings (SSSR count). The molecule has 1 heterocycles. The van der Waals surface area contributed by atoms with Crippen molar-refractivity contribution in [1.29, 1.82) is 0 Å². The molecule has 0 aromatic carbocycles. The highest BCUT2D eigenvalue weighted by atomic mass is 35.5. The first-order valence-corrected chi connectivity index (χ1v) is 7.85. The maximum absolute atomic E-state index is 12.8. The monoisotopic (exact) mass is 290 g/mol. The van der Waals surface area contributed by atoms with Crippen LogP contribution in [0.3, 0.4) is 0 Å². The first-order valence-electron chi connectivity index (χ1n) is 7.47. The van der Waals surface area contributed by atoms with Crippen molar-refractivity contribution in [3.05, 3.63) is 24.5 Å². The highest BCUT2D eigenvalue weighted by Gasteiger charge is 2.60. The van der Waals surface area contributed by atoms with E-state index in [0.717, 1.165) is 37.8 Å². The molecule has 0 saturated heterocycles. The maximum Gasteiger partial charge on any atom is 0.230 e. The third kappa shape index (κ3) is 1.95. The Morgan fingerprint density at radius 2 is 1.85 bits per heavy atom. The highest BCUT2D eigenvalue weighted by molar-refractivity contribution is 6.24. The van der Waals surface area contributed by atoms with Crippen molar-refractivity contribution in [3.8, 4) is 0 Å². The fourth-order valence-electron chi connectivity index (χ4n) is 5.12. The summed E-state index contributed by atoms with van der Waals surface area (Å²) in [7, 11) is 0. The number of pyridine rings is 1. The molecule has 1 aromatic heterocycles. The van der Waals surface area contributed by atoms with E-state index >= 15 is 0 Å². The summed E-state index contributed by atoms with van der Waals surface area (Å²) in [5.41, 5.74) is 0.610. The smallest absolute Gasteiger partial charge is 0.230 e. The number of alkyl halides is 1. The molecule has 106 valence electrons. The Morgan fingerprint density at radius 3 is 2.45 bits per heavy atom. The molecule has 1 amide bonds. The van der Waals surface area contributed by atoms with Crippen LogP contribution in [0.2, 0.25) is 0 Å². The highest BCUT2D eigenvalue weighted by Crippen LogP contribution is 2.64. The number of rotatable bonds is 2. The number of hydrogen-bond acceptors (Lipinski definition) is 2. The van der Waals surface area contributed by atoms with Crippen LogP contribution in [-0.4, -0.2) is 15.8 Å². The summed E-state index contributed by atoms with van der Waals surface area (Å²) in [6.07, 6.45) is 9.80. The van der Waals surface area contributed by atoms with Crippen molar-refractivity contribution in [2.75, 3.05) is 5.32 Å². The molecule has 0 aliphatic heterocycles. The topological polar surface area (TPSA) is 42.0 Å². The van der Waals surface area contributed by atoms with Crippen LogP contribution in [0.25, 0.3) is 0 Å². The molecule has 0 radical (unpaired) electrons. The van der Waals surface area contributed by atoms with Gasteiger partial charge < -0.3 is 5.32 Å². The predicted molar refractivity (Wildman–Crippen MR) is 78.6 cm³/mol. The number of halogens is 1. The van der Waals surface area contributed by atoms with Crippen LogP contribution >= 0.6 is 11.6 Å². The summed E-state index contributed by atoms with van der Waals surface area (Å²) in [5, 5.41) is 3.08. The van der Waals surface area contributed by atoms with Crippen LogP contribution in [0.5, 0.6) is 0 Å². The molecule has 4 bridgehead atoms. The van der Waals surface area contributed by atoms with Crippen LogP contribution < -0.4 is 5.32 Å². The average Bonchev–Trinajstić information content (AvgIpc) is 2.37. The summed E-state index contributed by atoms with van der Waals surface area (Å²) >= 11 is 6.78. The lowest BCUT2D eigenvalue weighted by molar-refractivity contribution is -0.138. The fraction of sp³-hybridized carbons (Fsp3) is 0.625. The number of carbonyl (C=O) groups is 1. The van der Waals surface area contributed by atoms with E-state index in [0.29, 0.717) is 11.8 Å². The molecule has 4 fully saturated rings. The Kier molecular flexibility index (Phi) is 2.65. The van der Waals surface area contributed by atoms with Crippen molar-refractivity contribution >= 4 is 23.2 Å². The van der Waals surface area contributed by atoms with Crippen LogP contribution in [-0.2, 0) is 4.79 Å². The van der Waals surface area contributed by atoms with Gasteiger partial charge in [-0.3, -0.25) is 9.78 Å². The maximum atomic E-state index is 12.8. The predicted octanol–water partition coefficient (Wildman–Crippen LogP) is 3.60. The summed E-state index contributed by atoms with van der Waals surface area (Å²) in [6, 6.07) is 3.68. The average molecular weight is 291 g/mol. The van der Waals surface area contributed by atoms with E-state index < -0.39 is 0 Å². The minimum absolute atomic E-state index is 0.111. The van der Waals surface area contributed by atoms with Gasteiger partial charge in [0.05, 0.1) is 5.41 Å². The van der Waals surface area contributed by atoms with Crippen LogP contribution in [0.4, 0.5) is 5.69 Å². The Bertz CT molecular complexity index is 531. The lowest BCUT2D eigenvalue weighted by Crippen LogP contribution is -2.57. The van der Waals surface area contributed by atoms with E-state index in [1.807, 2.05) is 12.1 Å². The van der Waals surface area contributed by atoms with Crippen LogP contribution in [0.1, 0.15) is 38.5 Å².